The maximum atomic E-state index is 14.0. The molecule has 2 heterocycles. The van der Waals surface area contributed by atoms with E-state index in [9.17, 15) is 23.5 Å². The molecule has 2 saturated heterocycles. The summed E-state index contributed by atoms with van der Waals surface area (Å²) in [6.07, 6.45) is -0.524. The fraction of sp³-hybridized carbons (Fsp3) is 0.500. The lowest BCUT2D eigenvalue weighted by Gasteiger charge is -2.27. The van der Waals surface area contributed by atoms with Crippen LogP contribution in [-0.2, 0) is 9.59 Å². The summed E-state index contributed by atoms with van der Waals surface area (Å²) in [7, 11) is 1.62. The van der Waals surface area contributed by atoms with E-state index in [-0.39, 0.29) is 36.8 Å². The monoisotopic (exact) mass is 324 g/mol. The van der Waals surface area contributed by atoms with E-state index in [1.807, 2.05) is 0 Å². The van der Waals surface area contributed by atoms with Crippen LogP contribution in [0.3, 0.4) is 0 Å². The Morgan fingerprint density at radius 1 is 1.30 bits per heavy atom. The van der Waals surface area contributed by atoms with Crippen LogP contribution in [-0.4, -0.2) is 53.0 Å². The summed E-state index contributed by atoms with van der Waals surface area (Å²) in [6.45, 7) is 0.372. The Balaban J connectivity index is 1.86. The third kappa shape index (κ3) is 2.93. The van der Waals surface area contributed by atoms with Crippen molar-refractivity contribution in [1.29, 1.82) is 0 Å². The molecule has 1 N–H and O–H groups in total. The summed E-state index contributed by atoms with van der Waals surface area (Å²) in [5.41, 5.74) is 0.0626. The van der Waals surface area contributed by atoms with Crippen LogP contribution >= 0.6 is 0 Å². The molecular formula is C16H18F2N2O3. The second-order valence-corrected chi connectivity index (χ2v) is 6.24. The second kappa shape index (κ2) is 5.88. The molecule has 1 aromatic carbocycles. The van der Waals surface area contributed by atoms with E-state index in [0.717, 1.165) is 18.2 Å². The molecule has 5 nitrogen and oxygen atoms in total. The number of nitrogens with zero attached hydrogens (tertiary/aromatic N) is 2. The van der Waals surface area contributed by atoms with Gasteiger partial charge in [-0.3, -0.25) is 9.59 Å². The molecule has 0 aliphatic carbocycles. The zero-order chi connectivity index (χ0) is 16.7. The quantitative estimate of drug-likeness (QED) is 0.885. The van der Waals surface area contributed by atoms with Gasteiger partial charge in [-0.25, -0.2) is 8.78 Å². The summed E-state index contributed by atoms with van der Waals surface area (Å²) in [4.78, 5) is 27.2. The van der Waals surface area contributed by atoms with Crippen molar-refractivity contribution in [2.24, 2.45) is 5.92 Å². The van der Waals surface area contributed by atoms with Gasteiger partial charge in [0.15, 0.2) is 0 Å². The summed E-state index contributed by atoms with van der Waals surface area (Å²) in [5, 5.41) is 9.90. The van der Waals surface area contributed by atoms with Crippen LogP contribution in [0.5, 0.6) is 0 Å². The maximum Gasteiger partial charge on any atom is 0.228 e. The Morgan fingerprint density at radius 3 is 2.70 bits per heavy atom. The normalized spacial score (nSPS) is 27.8. The number of rotatable bonds is 2. The highest BCUT2D eigenvalue weighted by Gasteiger charge is 2.42. The third-order valence-electron chi connectivity index (χ3n) is 4.57. The first-order valence-electron chi connectivity index (χ1n) is 7.54. The molecule has 124 valence electrons. The van der Waals surface area contributed by atoms with Crippen molar-refractivity contribution in [3.05, 3.63) is 35.4 Å². The van der Waals surface area contributed by atoms with Gasteiger partial charge in [-0.05, 0) is 24.6 Å². The highest BCUT2D eigenvalue weighted by molar-refractivity contribution is 5.89. The zero-order valence-corrected chi connectivity index (χ0v) is 12.7. The lowest BCUT2D eigenvalue weighted by atomic mass is 10.0. The average Bonchev–Trinajstić information content (AvgIpc) is 3.04. The molecule has 3 atom stereocenters. The highest BCUT2D eigenvalue weighted by atomic mass is 19.1. The number of hydrogen-bond acceptors (Lipinski definition) is 3. The predicted octanol–water partition coefficient (Wildman–Crippen LogP) is 1.08. The van der Waals surface area contributed by atoms with Gasteiger partial charge in [-0.15, -0.1) is 0 Å². The number of carbonyl (C=O) groups excluding carboxylic acids is 2. The van der Waals surface area contributed by atoms with Gasteiger partial charge in [0.05, 0.1) is 18.1 Å². The Labute approximate surface area is 132 Å². The molecule has 23 heavy (non-hydrogen) atoms. The fourth-order valence-electron chi connectivity index (χ4n) is 3.39. The van der Waals surface area contributed by atoms with E-state index in [1.165, 1.54) is 9.80 Å². The van der Waals surface area contributed by atoms with Gasteiger partial charge in [0, 0.05) is 32.1 Å². The van der Waals surface area contributed by atoms with Gasteiger partial charge in [0.1, 0.15) is 11.6 Å². The van der Waals surface area contributed by atoms with Crippen molar-refractivity contribution in [2.45, 2.75) is 25.0 Å². The lowest BCUT2D eigenvalue weighted by Crippen LogP contribution is -2.37. The minimum Gasteiger partial charge on any atom is -0.391 e. The molecule has 3 unspecified atom stereocenters. The average molecular weight is 324 g/mol. The number of halogens is 2. The molecule has 0 bridgehead atoms. The highest BCUT2D eigenvalue weighted by Crippen LogP contribution is 2.36. The zero-order valence-electron chi connectivity index (χ0n) is 12.7. The van der Waals surface area contributed by atoms with Crippen LogP contribution in [0.2, 0.25) is 0 Å². The number of carbonyl (C=O) groups is 2. The number of likely N-dealkylation sites (tertiary alicyclic amines) is 2. The predicted molar refractivity (Wildman–Crippen MR) is 77.2 cm³/mol. The van der Waals surface area contributed by atoms with Gasteiger partial charge in [0.25, 0.3) is 0 Å². The van der Waals surface area contributed by atoms with E-state index in [2.05, 4.69) is 0 Å². The molecule has 2 aliphatic rings. The number of amides is 2. The fourth-order valence-corrected chi connectivity index (χ4v) is 3.39. The van der Waals surface area contributed by atoms with Crippen molar-refractivity contribution in [1.82, 2.24) is 9.80 Å². The van der Waals surface area contributed by atoms with E-state index < -0.39 is 29.7 Å². The van der Waals surface area contributed by atoms with Crippen LogP contribution in [0.1, 0.15) is 24.4 Å². The summed E-state index contributed by atoms with van der Waals surface area (Å²) in [6, 6.07) is 2.38. The first-order valence-corrected chi connectivity index (χ1v) is 7.54. The van der Waals surface area contributed by atoms with Crippen molar-refractivity contribution < 1.29 is 23.5 Å². The third-order valence-corrected chi connectivity index (χ3v) is 4.57. The van der Waals surface area contributed by atoms with Crippen LogP contribution in [0.4, 0.5) is 8.78 Å². The van der Waals surface area contributed by atoms with Crippen molar-refractivity contribution in [3.63, 3.8) is 0 Å². The van der Waals surface area contributed by atoms with E-state index >= 15 is 0 Å². The molecular weight excluding hydrogens is 306 g/mol. The van der Waals surface area contributed by atoms with E-state index in [4.69, 9.17) is 0 Å². The van der Waals surface area contributed by atoms with Crippen molar-refractivity contribution in [2.75, 3.05) is 20.1 Å². The number of hydrogen-bond donors (Lipinski definition) is 1. The molecule has 3 rings (SSSR count). The van der Waals surface area contributed by atoms with Crippen molar-refractivity contribution >= 4 is 11.8 Å². The number of β-amino-alcohol motifs (C(OH)–C–C–N with tert-alkyl or cyclic N) is 1. The Hall–Kier alpha value is -2.02. The molecule has 7 heteroatoms. The van der Waals surface area contributed by atoms with Crippen molar-refractivity contribution in [3.8, 4) is 0 Å². The molecule has 0 aromatic heterocycles. The number of aliphatic hydroxyl groups is 1. The molecule has 0 spiro atoms. The topological polar surface area (TPSA) is 60.9 Å². The first kappa shape index (κ1) is 15.9. The SMILES string of the molecule is CN1CC(C(=O)N2CC(O)CC2c2cc(F)ccc2F)CC1=O. The number of benzene rings is 1. The van der Waals surface area contributed by atoms with E-state index in [1.54, 1.807) is 7.05 Å². The Kier molecular flexibility index (Phi) is 4.06. The standard InChI is InChI=1S/C16H18F2N2O3/c1-19-7-9(4-15(19)22)16(23)20-8-11(21)6-14(20)12-5-10(17)2-3-13(12)18/h2-3,5,9,11,14,21H,4,6-8H2,1H3. The van der Waals surface area contributed by atoms with Gasteiger partial charge < -0.3 is 14.9 Å². The molecule has 2 aliphatic heterocycles. The van der Waals surface area contributed by atoms with Crippen LogP contribution < -0.4 is 0 Å². The molecule has 1 aromatic rings. The molecule has 2 fully saturated rings. The van der Waals surface area contributed by atoms with Gasteiger partial charge in [-0.1, -0.05) is 0 Å². The molecule has 0 saturated carbocycles. The first-order chi connectivity index (χ1) is 10.9. The molecule has 0 radical (unpaired) electrons. The second-order valence-electron chi connectivity index (χ2n) is 6.24. The Bertz CT molecular complexity index is 652. The van der Waals surface area contributed by atoms with Crippen LogP contribution in [0.25, 0.3) is 0 Å². The number of aliphatic hydroxyl groups excluding tert-OH is 1. The van der Waals surface area contributed by atoms with E-state index in [0.29, 0.717) is 6.54 Å². The molecule has 2 amide bonds. The van der Waals surface area contributed by atoms with Crippen LogP contribution in [0.15, 0.2) is 18.2 Å². The lowest BCUT2D eigenvalue weighted by molar-refractivity contribution is -0.137. The maximum absolute atomic E-state index is 14.0. The van der Waals surface area contributed by atoms with Gasteiger partial charge in [-0.2, -0.15) is 0 Å². The van der Waals surface area contributed by atoms with Crippen LogP contribution in [0, 0.1) is 17.6 Å². The van der Waals surface area contributed by atoms with Gasteiger partial charge in [0.2, 0.25) is 11.8 Å². The summed E-state index contributed by atoms with van der Waals surface area (Å²) < 4.78 is 27.5. The largest absolute Gasteiger partial charge is 0.391 e. The Morgan fingerprint density at radius 2 is 2.04 bits per heavy atom. The smallest absolute Gasteiger partial charge is 0.228 e. The minimum atomic E-state index is -0.790. The summed E-state index contributed by atoms with van der Waals surface area (Å²) >= 11 is 0. The van der Waals surface area contributed by atoms with Gasteiger partial charge >= 0.3 is 0 Å². The minimum absolute atomic E-state index is 0.0626. The summed E-state index contributed by atoms with van der Waals surface area (Å²) in [5.74, 6) is -2.12.